The largest absolute Gasteiger partial charge is 0.396 e. The first-order chi connectivity index (χ1) is 6.26. The molecular formula is C10H18ClNO. The summed E-state index contributed by atoms with van der Waals surface area (Å²) >= 11 is 5.60. The summed E-state index contributed by atoms with van der Waals surface area (Å²) in [6.45, 7) is 5.45. The summed E-state index contributed by atoms with van der Waals surface area (Å²) in [5.41, 5.74) is 2.84. The standard InChI is InChI=1S/C10H18ClNO/c1-9(5-11)6-12-4-2-3-10(7-12)8-13/h5,10,13H,2-4,6-8H2,1H3/b9-5+. The average molecular weight is 204 g/mol. The van der Waals surface area contributed by atoms with Crippen molar-refractivity contribution in [1.82, 2.24) is 4.90 Å². The first-order valence-electron chi connectivity index (χ1n) is 4.85. The molecule has 0 radical (unpaired) electrons. The van der Waals surface area contributed by atoms with Gasteiger partial charge in [-0.25, -0.2) is 0 Å². The molecule has 1 aliphatic heterocycles. The normalized spacial score (nSPS) is 26.4. The van der Waals surface area contributed by atoms with Gasteiger partial charge in [0.15, 0.2) is 0 Å². The van der Waals surface area contributed by atoms with Crippen molar-refractivity contribution in [3.05, 3.63) is 11.1 Å². The van der Waals surface area contributed by atoms with Crippen molar-refractivity contribution in [2.45, 2.75) is 19.8 Å². The van der Waals surface area contributed by atoms with Gasteiger partial charge in [0, 0.05) is 25.2 Å². The third-order valence-electron chi connectivity index (χ3n) is 2.52. The van der Waals surface area contributed by atoms with Crippen LogP contribution in [-0.2, 0) is 0 Å². The van der Waals surface area contributed by atoms with Gasteiger partial charge in [-0.1, -0.05) is 11.6 Å². The van der Waals surface area contributed by atoms with Gasteiger partial charge in [-0.15, -0.1) is 0 Å². The van der Waals surface area contributed by atoms with Gasteiger partial charge in [-0.05, 0) is 37.8 Å². The lowest BCUT2D eigenvalue weighted by molar-refractivity contribution is 0.127. The highest BCUT2D eigenvalue weighted by Gasteiger charge is 2.18. The van der Waals surface area contributed by atoms with E-state index in [1.54, 1.807) is 5.54 Å². The molecule has 0 amide bonds. The van der Waals surface area contributed by atoms with Crippen molar-refractivity contribution in [2.75, 3.05) is 26.2 Å². The number of nitrogens with zero attached hydrogens (tertiary/aromatic N) is 1. The van der Waals surface area contributed by atoms with Crippen LogP contribution >= 0.6 is 11.6 Å². The molecule has 0 aliphatic carbocycles. The van der Waals surface area contributed by atoms with Crippen LogP contribution in [0.3, 0.4) is 0 Å². The molecule has 1 N–H and O–H groups in total. The molecule has 76 valence electrons. The predicted octanol–water partition coefficient (Wildman–Crippen LogP) is 1.83. The fourth-order valence-corrected chi connectivity index (χ4v) is 1.90. The van der Waals surface area contributed by atoms with E-state index >= 15 is 0 Å². The van der Waals surface area contributed by atoms with E-state index in [2.05, 4.69) is 4.90 Å². The van der Waals surface area contributed by atoms with Crippen molar-refractivity contribution in [3.63, 3.8) is 0 Å². The summed E-state index contributed by atoms with van der Waals surface area (Å²) < 4.78 is 0. The Morgan fingerprint density at radius 3 is 3.08 bits per heavy atom. The smallest absolute Gasteiger partial charge is 0.0471 e. The van der Waals surface area contributed by atoms with E-state index in [-0.39, 0.29) is 0 Å². The Kier molecular flexibility index (Phi) is 4.78. The Bertz CT molecular complexity index is 182. The van der Waals surface area contributed by atoms with Crippen molar-refractivity contribution in [1.29, 1.82) is 0 Å². The number of hydrogen-bond donors (Lipinski definition) is 1. The summed E-state index contributed by atoms with van der Waals surface area (Å²) in [7, 11) is 0. The second kappa shape index (κ2) is 5.63. The van der Waals surface area contributed by atoms with E-state index in [1.165, 1.54) is 12.0 Å². The molecular weight excluding hydrogens is 186 g/mol. The molecule has 0 saturated carbocycles. The van der Waals surface area contributed by atoms with Gasteiger partial charge in [-0.3, -0.25) is 4.90 Å². The third kappa shape index (κ3) is 3.67. The topological polar surface area (TPSA) is 23.5 Å². The maximum absolute atomic E-state index is 9.03. The number of rotatable bonds is 3. The molecule has 1 heterocycles. The van der Waals surface area contributed by atoms with Crippen LogP contribution in [0.2, 0.25) is 0 Å². The van der Waals surface area contributed by atoms with Gasteiger partial charge in [0.1, 0.15) is 0 Å². The lowest BCUT2D eigenvalue weighted by Gasteiger charge is -2.31. The quantitative estimate of drug-likeness (QED) is 0.757. The average Bonchev–Trinajstić information content (AvgIpc) is 2.18. The SMILES string of the molecule is C/C(=C\Cl)CN1CCCC(CO)C1. The zero-order chi connectivity index (χ0) is 9.68. The maximum atomic E-state index is 9.03. The molecule has 3 heteroatoms. The Morgan fingerprint density at radius 2 is 2.46 bits per heavy atom. The minimum atomic E-state index is 0.320. The van der Waals surface area contributed by atoms with Crippen LogP contribution in [0.15, 0.2) is 11.1 Å². The van der Waals surface area contributed by atoms with Crippen molar-refractivity contribution >= 4 is 11.6 Å². The zero-order valence-electron chi connectivity index (χ0n) is 8.17. The molecule has 1 atom stereocenters. The molecule has 0 aromatic heterocycles. The van der Waals surface area contributed by atoms with Crippen LogP contribution in [0.5, 0.6) is 0 Å². The summed E-state index contributed by atoms with van der Waals surface area (Å²) in [6.07, 6.45) is 2.36. The molecule has 1 fully saturated rings. The Hall–Kier alpha value is -0.0500. The highest BCUT2D eigenvalue weighted by Crippen LogP contribution is 2.16. The van der Waals surface area contributed by atoms with Crippen molar-refractivity contribution in [3.8, 4) is 0 Å². The molecule has 0 aromatic rings. The number of hydrogen-bond acceptors (Lipinski definition) is 2. The zero-order valence-corrected chi connectivity index (χ0v) is 8.93. The van der Waals surface area contributed by atoms with E-state index < -0.39 is 0 Å². The van der Waals surface area contributed by atoms with E-state index in [0.717, 1.165) is 26.1 Å². The molecule has 1 rings (SSSR count). The Labute approximate surface area is 85.2 Å². The van der Waals surface area contributed by atoms with Gasteiger partial charge in [-0.2, -0.15) is 0 Å². The van der Waals surface area contributed by atoms with E-state index in [1.807, 2.05) is 6.92 Å². The first-order valence-corrected chi connectivity index (χ1v) is 5.29. The number of likely N-dealkylation sites (tertiary alicyclic amines) is 1. The van der Waals surface area contributed by atoms with Gasteiger partial charge < -0.3 is 5.11 Å². The summed E-state index contributed by atoms with van der Waals surface area (Å²) in [5.74, 6) is 0.469. The minimum absolute atomic E-state index is 0.320. The van der Waals surface area contributed by atoms with Crippen molar-refractivity contribution in [2.24, 2.45) is 5.92 Å². The molecule has 1 unspecified atom stereocenters. The van der Waals surface area contributed by atoms with E-state index in [9.17, 15) is 0 Å². The molecule has 13 heavy (non-hydrogen) atoms. The van der Waals surface area contributed by atoms with Crippen LogP contribution < -0.4 is 0 Å². The van der Waals surface area contributed by atoms with Crippen LogP contribution in [0, 0.1) is 5.92 Å². The van der Waals surface area contributed by atoms with E-state index in [0.29, 0.717) is 12.5 Å². The summed E-state index contributed by atoms with van der Waals surface area (Å²) in [5, 5.41) is 9.03. The monoisotopic (exact) mass is 203 g/mol. The minimum Gasteiger partial charge on any atom is -0.396 e. The lowest BCUT2D eigenvalue weighted by Crippen LogP contribution is -2.37. The summed E-state index contributed by atoms with van der Waals surface area (Å²) in [6, 6.07) is 0. The number of halogens is 1. The fourth-order valence-electron chi connectivity index (χ4n) is 1.83. The number of aliphatic hydroxyl groups is 1. The fraction of sp³-hybridized carbons (Fsp3) is 0.800. The third-order valence-corrected chi connectivity index (χ3v) is 2.89. The summed E-state index contributed by atoms with van der Waals surface area (Å²) in [4.78, 5) is 2.36. The van der Waals surface area contributed by atoms with Gasteiger partial charge >= 0.3 is 0 Å². The number of aliphatic hydroxyl groups excluding tert-OH is 1. The predicted molar refractivity (Wildman–Crippen MR) is 55.9 cm³/mol. The van der Waals surface area contributed by atoms with Crippen LogP contribution in [0.25, 0.3) is 0 Å². The number of piperidine rings is 1. The second-order valence-electron chi connectivity index (χ2n) is 3.88. The lowest BCUT2D eigenvalue weighted by atomic mass is 9.99. The molecule has 2 nitrogen and oxygen atoms in total. The molecule has 1 aliphatic rings. The Morgan fingerprint density at radius 1 is 1.69 bits per heavy atom. The van der Waals surface area contributed by atoms with Crippen LogP contribution in [0.1, 0.15) is 19.8 Å². The first kappa shape index (κ1) is 11.0. The molecule has 0 bridgehead atoms. The highest BCUT2D eigenvalue weighted by molar-refractivity contribution is 6.25. The second-order valence-corrected chi connectivity index (χ2v) is 4.10. The highest BCUT2D eigenvalue weighted by atomic mass is 35.5. The molecule has 0 aromatic carbocycles. The van der Waals surface area contributed by atoms with E-state index in [4.69, 9.17) is 16.7 Å². The molecule has 1 saturated heterocycles. The Balaban J connectivity index is 2.34. The van der Waals surface area contributed by atoms with Crippen molar-refractivity contribution < 1.29 is 5.11 Å². The van der Waals surface area contributed by atoms with Gasteiger partial charge in [0.05, 0.1) is 0 Å². The maximum Gasteiger partial charge on any atom is 0.0471 e. The van der Waals surface area contributed by atoms with Gasteiger partial charge in [0.25, 0.3) is 0 Å². The van der Waals surface area contributed by atoms with Crippen LogP contribution in [0.4, 0.5) is 0 Å². The van der Waals surface area contributed by atoms with Crippen LogP contribution in [-0.4, -0.2) is 36.2 Å². The molecule has 0 spiro atoms. The van der Waals surface area contributed by atoms with Gasteiger partial charge in [0.2, 0.25) is 0 Å².